The Morgan fingerprint density at radius 3 is 2.45 bits per heavy atom. The highest BCUT2D eigenvalue weighted by Crippen LogP contribution is 2.45. The van der Waals surface area contributed by atoms with Crippen LogP contribution in [-0.2, 0) is 0 Å². The summed E-state index contributed by atoms with van der Waals surface area (Å²) in [4.78, 5) is 15.7. The summed E-state index contributed by atoms with van der Waals surface area (Å²) in [7, 11) is 0. The van der Waals surface area contributed by atoms with E-state index in [1.807, 2.05) is 0 Å². The lowest BCUT2D eigenvalue weighted by atomic mass is 9.63. The van der Waals surface area contributed by atoms with E-state index in [-0.39, 0.29) is 22.8 Å². The number of nitrogens with one attached hydrogen (secondary N) is 1. The zero-order valence-corrected chi connectivity index (χ0v) is 12.7. The summed E-state index contributed by atoms with van der Waals surface area (Å²) in [6.45, 7) is 8.94. The van der Waals surface area contributed by atoms with Gasteiger partial charge >= 0.3 is 0 Å². The van der Waals surface area contributed by atoms with Crippen LogP contribution in [0.3, 0.4) is 0 Å². The molecule has 110 valence electrons. The van der Waals surface area contributed by atoms with Gasteiger partial charge in [0.05, 0.1) is 0 Å². The Balaban J connectivity index is 2.08. The molecule has 0 radical (unpaired) electrons. The van der Waals surface area contributed by atoms with Gasteiger partial charge in [-0.25, -0.2) is 4.98 Å². The fourth-order valence-electron chi connectivity index (χ4n) is 3.76. The number of hydrogen-bond acceptors (Lipinski definition) is 2. The van der Waals surface area contributed by atoms with Crippen LogP contribution in [0.25, 0.3) is 0 Å². The van der Waals surface area contributed by atoms with Gasteiger partial charge in [-0.05, 0) is 36.2 Å². The Labute approximate surface area is 120 Å². The van der Waals surface area contributed by atoms with Crippen molar-refractivity contribution in [3.63, 3.8) is 0 Å². The molecule has 0 bridgehead atoms. The Hall–Kier alpha value is -1.45. The van der Waals surface area contributed by atoms with Gasteiger partial charge in [-0.3, -0.25) is 4.79 Å². The first-order valence-corrected chi connectivity index (χ1v) is 7.09. The molecule has 0 aliphatic heterocycles. The average molecular weight is 278 g/mol. The van der Waals surface area contributed by atoms with E-state index in [0.717, 1.165) is 19.3 Å². The molecule has 2 rings (SSSR count). The molecular formula is C16H23FN2O. The zero-order chi connectivity index (χ0) is 15.0. The molecule has 20 heavy (non-hydrogen) atoms. The molecule has 1 aromatic rings. The SMILES string of the molecule is CC1(C)CC(NC(=O)c2ccnc(F)c2)CC(C)(C)C1. The van der Waals surface area contributed by atoms with Gasteiger partial charge < -0.3 is 5.32 Å². The number of aromatic nitrogens is 1. The predicted molar refractivity (Wildman–Crippen MR) is 76.9 cm³/mol. The summed E-state index contributed by atoms with van der Waals surface area (Å²) in [5.74, 6) is -0.841. The van der Waals surface area contributed by atoms with Gasteiger partial charge in [0.1, 0.15) is 0 Å². The van der Waals surface area contributed by atoms with Crippen molar-refractivity contribution < 1.29 is 9.18 Å². The highest BCUT2D eigenvalue weighted by atomic mass is 19.1. The smallest absolute Gasteiger partial charge is 0.251 e. The molecule has 1 N–H and O–H groups in total. The van der Waals surface area contributed by atoms with Gasteiger partial charge in [-0.15, -0.1) is 0 Å². The first-order valence-electron chi connectivity index (χ1n) is 7.09. The molecule has 1 aliphatic rings. The monoisotopic (exact) mass is 278 g/mol. The molecule has 1 aromatic heterocycles. The minimum absolute atomic E-state index is 0.137. The van der Waals surface area contributed by atoms with E-state index in [0.29, 0.717) is 5.56 Å². The van der Waals surface area contributed by atoms with E-state index < -0.39 is 5.95 Å². The van der Waals surface area contributed by atoms with Gasteiger partial charge in [0.25, 0.3) is 5.91 Å². The highest BCUT2D eigenvalue weighted by Gasteiger charge is 2.38. The number of rotatable bonds is 2. The lowest BCUT2D eigenvalue weighted by molar-refractivity contribution is 0.0713. The summed E-state index contributed by atoms with van der Waals surface area (Å²) >= 11 is 0. The van der Waals surface area contributed by atoms with Crippen molar-refractivity contribution in [2.45, 2.75) is 53.0 Å². The largest absolute Gasteiger partial charge is 0.349 e. The van der Waals surface area contributed by atoms with Crippen LogP contribution >= 0.6 is 0 Å². The quantitative estimate of drug-likeness (QED) is 0.840. The number of carbonyl (C=O) groups is 1. The number of nitrogens with zero attached hydrogens (tertiary/aromatic N) is 1. The van der Waals surface area contributed by atoms with E-state index in [1.165, 1.54) is 18.3 Å². The van der Waals surface area contributed by atoms with Crippen LogP contribution in [0, 0.1) is 16.8 Å². The molecule has 1 aliphatic carbocycles. The van der Waals surface area contributed by atoms with Gasteiger partial charge in [-0.1, -0.05) is 27.7 Å². The van der Waals surface area contributed by atoms with Crippen molar-refractivity contribution in [1.29, 1.82) is 0 Å². The third-order valence-electron chi connectivity index (χ3n) is 3.88. The molecule has 1 amide bonds. The van der Waals surface area contributed by atoms with Crippen molar-refractivity contribution in [2.75, 3.05) is 0 Å². The second kappa shape index (κ2) is 5.15. The third kappa shape index (κ3) is 3.78. The molecule has 0 aromatic carbocycles. The maximum Gasteiger partial charge on any atom is 0.251 e. The summed E-state index contributed by atoms with van der Waals surface area (Å²) in [6, 6.07) is 2.85. The van der Waals surface area contributed by atoms with E-state index in [4.69, 9.17) is 0 Å². The Bertz CT molecular complexity index is 495. The number of carbonyl (C=O) groups excluding carboxylic acids is 1. The first-order chi connectivity index (χ1) is 9.17. The van der Waals surface area contributed by atoms with Crippen LogP contribution in [-0.4, -0.2) is 16.9 Å². The van der Waals surface area contributed by atoms with Crippen molar-refractivity contribution in [2.24, 2.45) is 10.8 Å². The van der Waals surface area contributed by atoms with Crippen LogP contribution < -0.4 is 5.32 Å². The fourth-order valence-corrected chi connectivity index (χ4v) is 3.76. The lowest BCUT2D eigenvalue weighted by Gasteiger charge is -2.45. The molecule has 0 atom stereocenters. The first kappa shape index (κ1) is 14.9. The molecule has 0 spiro atoms. The Morgan fingerprint density at radius 1 is 1.30 bits per heavy atom. The molecule has 1 saturated carbocycles. The molecule has 4 heteroatoms. The minimum Gasteiger partial charge on any atom is -0.349 e. The van der Waals surface area contributed by atoms with Crippen LogP contribution in [0.2, 0.25) is 0 Å². The highest BCUT2D eigenvalue weighted by molar-refractivity contribution is 5.94. The number of amides is 1. The van der Waals surface area contributed by atoms with Gasteiger partial charge in [0.2, 0.25) is 5.95 Å². The molecule has 0 saturated heterocycles. The molecule has 0 unspecified atom stereocenters. The van der Waals surface area contributed by atoms with Crippen LogP contribution in [0.1, 0.15) is 57.3 Å². The van der Waals surface area contributed by atoms with Crippen LogP contribution in [0.15, 0.2) is 18.3 Å². The van der Waals surface area contributed by atoms with Crippen LogP contribution in [0.5, 0.6) is 0 Å². The molecule has 1 heterocycles. The number of halogens is 1. The number of hydrogen-bond donors (Lipinski definition) is 1. The van der Waals surface area contributed by atoms with Gasteiger partial charge in [-0.2, -0.15) is 4.39 Å². The Morgan fingerprint density at radius 2 is 1.90 bits per heavy atom. The summed E-state index contributed by atoms with van der Waals surface area (Å²) in [6.07, 6.45) is 4.38. The van der Waals surface area contributed by atoms with Crippen molar-refractivity contribution in [1.82, 2.24) is 10.3 Å². The molecule has 1 fully saturated rings. The van der Waals surface area contributed by atoms with Crippen LogP contribution in [0.4, 0.5) is 4.39 Å². The van der Waals surface area contributed by atoms with Gasteiger partial charge in [0, 0.05) is 23.9 Å². The van der Waals surface area contributed by atoms with E-state index >= 15 is 0 Å². The zero-order valence-electron chi connectivity index (χ0n) is 12.7. The summed E-state index contributed by atoms with van der Waals surface area (Å²) in [5.41, 5.74) is 0.755. The molecule has 3 nitrogen and oxygen atoms in total. The maximum atomic E-state index is 13.1. The Kier molecular flexibility index (Phi) is 3.85. The second-order valence-corrected chi connectivity index (χ2v) is 7.45. The van der Waals surface area contributed by atoms with Crippen molar-refractivity contribution in [3.05, 3.63) is 29.8 Å². The number of pyridine rings is 1. The minimum atomic E-state index is -0.623. The van der Waals surface area contributed by atoms with Crippen molar-refractivity contribution in [3.8, 4) is 0 Å². The molecular weight excluding hydrogens is 255 g/mol. The summed E-state index contributed by atoms with van der Waals surface area (Å²) < 4.78 is 13.1. The third-order valence-corrected chi connectivity index (χ3v) is 3.88. The normalized spacial score (nSPS) is 21.4. The fraction of sp³-hybridized carbons (Fsp3) is 0.625. The maximum absolute atomic E-state index is 13.1. The van der Waals surface area contributed by atoms with E-state index in [2.05, 4.69) is 38.0 Å². The predicted octanol–water partition coefficient (Wildman–Crippen LogP) is 3.56. The second-order valence-electron chi connectivity index (χ2n) is 7.45. The van der Waals surface area contributed by atoms with E-state index in [1.54, 1.807) is 0 Å². The lowest BCUT2D eigenvalue weighted by Crippen LogP contribution is -2.46. The summed E-state index contributed by atoms with van der Waals surface area (Å²) in [5, 5.41) is 3.04. The topological polar surface area (TPSA) is 42.0 Å². The standard InChI is InChI=1S/C16H23FN2O/c1-15(2)8-12(9-16(3,4)10-15)19-14(20)11-5-6-18-13(17)7-11/h5-7,12H,8-10H2,1-4H3,(H,19,20). The average Bonchev–Trinajstić information content (AvgIpc) is 2.24. The van der Waals surface area contributed by atoms with Crippen molar-refractivity contribution >= 4 is 5.91 Å². The van der Waals surface area contributed by atoms with Gasteiger partial charge in [0.15, 0.2) is 0 Å². The van der Waals surface area contributed by atoms with E-state index in [9.17, 15) is 9.18 Å².